The van der Waals surface area contributed by atoms with Crippen LogP contribution < -0.4 is 5.73 Å². The van der Waals surface area contributed by atoms with Crippen LogP contribution in [0.3, 0.4) is 0 Å². The Morgan fingerprint density at radius 1 is 1.31 bits per heavy atom. The first-order valence-electron chi connectivity index (χ1n) is 5.36. The van der Waals surface area contributed by atoms with Crippen molar-refractivity contribution in [3.63, 3.8) is 0 Å². The van der Waals surface area contributed by atoms with E-state index in [-0.39, 0.29) is 6.42 Å². The van der Waals surface area contributed by atoms with Crippen molar-refractivity contribution in [2.45, 2.75) is 39.2 Å². The summed E-state index contributed by atoms with van der Waals surface area (Å²) in [5, 5.41) is 18.7. The van der Waals surface area contributed by atoms with E-state index in [0.717, 1.165) is 0 Å². The molecule has 0 rings (SSSR count). The number of carboxylic acid groups (broad SMARTS) is 1. The molecule has 0 saturated heterocycles. The molecule has 0 fully saturated rings. The molecule has 6 nitrogen and oxygen atoms in total. The van der Waals surface area contributed by atoms with Crippen LogP contribution in [0.4, 0.5) is 0 Å². The summed E-state index contributed by atoms with van der Waals surface area (Å²) >= 11 is 0. The first-order valence-corrected chi connectivity index (χ1v) is 5.36. The number of rotatable bonds is 7. The maximum Gasteiger partial charge on any atom is 0.329 e. The summed E-state index contributed by atoms with van der Waals surface area (Å²) in [6, 6.07) is -1.18. The topological polar surface area (TPSA) is 104 Å². The van der Waals surface area contributed by atoms with E-state index in [4.69, 9.17) is 10.8 Å². The molecule has 0 bridgehead atoms. The van der Waals surface area contributed by atoms with Crippen molar-refractivity contribution in [1.29, 1.82) is 0 Å². The van der Waals surface area contributed by atoms with E-state index in [1.807, 2.05) is 0 Å². The normalized spacial score (nSPS) is 12.6. The van der Waals surface area contributed by atoms with E-state index < -0.39 is 23.8 Å². The van der Waals surface area contributed by atoms with Crippen LogP contribution in [-0.2, 0) is 9.59 Å². The van der Waals surface area contributed by atoms with Gasteiger partial charge < -0.3 is 10.8 Å². The minimum absolute atomic E-state index is 0.210. The molecule has 0 aliphatic heterocycles. The lowest BCUT2D eigenvalue weighted by Gasteiger charge is -2.23. The van der Waals surface area contributed by atoms with E-state index in [1.165, 1.54) is 0 Å². The van der Waals surface area contributed by atoms with Crippen molar-refractivity contribution in [3.8, 4) is 0 Å². The first-order chi connectivity index (χ1) is 7.41. The van der Waals surface area contributed by atoms with Gasteiger partial charge in [0.1, 0.15) is 0 Å². The molecule has 0 heterocycles. The summed E-state index contributed by atoms with van der Waals surface area (Å²) in [5.41, 5.74) is 5.28. The third-order valence-electron chi connectivity index (χ3n) is 2.23. The van der Waals surface area contributed by atoms with Crippen molar-refractivity contribution >= 4 is 11.9 Å². The second-order valence-electron chi connectivity index (χ2n) is 3.98. The van der Waals surface area contributed by atoms with Crippen LogP contribution in [0.5, 0.6) is 0 Å². The van der Waals surface area contributed by atoms with Crippen LogP contribution in [0, 0.1) is 5.92 Å². The standard InChI is InChI=1S/C10H20N2O4/c1-7(2)9(13)12(16)8(10(14)15)5-3-4-6-11/h7-8,16H,3-6,11H2,1-2H3,(H,14,15)/t8-/m0/s1. The molecule has 16 heavy (non-hydrogen) atoms. The summed E-state index contributed by atoms with van der Waals surface area (Å²) in [5.74, 6) is -2.21. The number of amides is 1. The predicted molar refractivity (Wildman–Crippen MR) is 57.8 cm³/mol. The Hall–Kier alpha value is -1.14. The number of carbonyl (C=O) groups is 2. The van der Waals surface area contributed by atoms with E-state index in [1.54, 1.807) is 13.8 Å². The minimum Gasteiger partial charge on any atom is -0.480 e. The molecule has 0 radical (unpaired) electrons. The molecular weight excluding hydrogens is 212 g/mol. The molecule has 0 aromatic rings. The maximum atomic E-state index is 11.4. The summed E-state index contributed by atoms with van der Waals surface area (Å²) in [6.45, 7) is 3.67. The molecule has 94 valence electrons. The number of hydrogen-bond acceptors (Lipinski definition) is 4. The zero-order valence-corrected chi connectivity index (χ0v) is 9.72. The highest BCUT2D eigenvalue weighted by molar-refractivity contribution is 5.83. The molecule has 6 heteroatoms. The monoisotopic (exact) mass is 232 g/mol. The molecule has 1 atom stereocenters. The highest BCUT2D eigenvalue weighted by atomic mass is 16.5. The molecule has 0 unspecified atom stereocenters. The molecule has 0 saturated carbocycles. The minimum atomic E-state index is -1.20. The largest absolute Gasteiger partial charge is 0.480 e. The SMILES string of the molecule is CC(C)C(=O)N(O)[C@@H](CCCCN)C(=O)O. The Morgan fingerprint density at radius 3 is 2.25 bits per heavy atom. The third-order valence-corrected chi connectivity index (χ3v) is 2.23. The quantitative estimate of drug-likeness (QED) is 0.336. The molecule has 0 aliphatic rings. The van der Waals surface area contributed by atoms with Gasteiger partial charge in [-0.2, -0.15) is 0 Å². The van der Waals surface area contributed by atoms with Crippen molar-refractivity contribution in [1.82, 2.24) is 5.06 Å². The van der Waals surface area contributed by atoms with Gasteiger partial charge in [-0.25, -0.2) is 9.86 Å². The van der Waals surface area contributed by atoms with Crippen molar-refractivity contribution < 1.29 is 19.9 Å². The highest BCUT2D eigenvalue weighted by Gasteiger charge is 2.29. The molecule has 0 aromatic heterocycles. The van der Waals surface area contributed by atoms with E-state index in [2.05, 4.69) is 0 Å². The Labute approximate surface area is 95.0 Å². The van der Waals surface area contributed by atoms with Crippen LogP contribution >= 0.6 is 0 Å². The van der Waals surface area contributed by atoms with E-state index >= 15 is 0 Å². The predicted octanol–water partition coefficient (Wildman–Crippen LogP) is 0.442. The number of aliphatic carboxylic acids is 1. The molecule has 0 aliphatic carbocycles. The summed E-state index contributed by atoms with van der Waals surface area (Å²) < 4.78 is 0. The van der Waals surface area contributed by atoms with Crippen molar-refractivity contribution in [2.75, 3.05) is 6.54 Å². The Bertz CT molecular complexity index is 243. The van der Waals surface area contributed by atoms with Gasteiger partial charge in [-0.15, -0.1) is 0 Å². The van der Waals surface area contributed by atoms with Gasteiger partial charge in [-0.3, -0.25) is 10.0 Å². The lowest BCUT2D eigenvalue weighted by Crippen LogP contribution is -2.44. The van der Waals surface area contributed by atoms with Gasteiger partial charge >= 0.3 is 5.97 Å². The van der Waals surface area contributed by atoms with Crippen LogP contribution in [0.2, 0.25) is 0 Å². The Morgan fingerprint density at radius 2 is 1.88 bits per heavy atom. The zero-order valence-electron chi connectivity index (χ0n) is 9.72. The summed E-state index contributed by atoms with van der Waals surface area (Å²) in [4.78, 5) is 22.3. The highest BCUT2D eigenvalue weighted by Crippen LogP contribution is 2.10. The second-order valence-corrected chi connectivity index (χ2v) is 3.98. The number of carboxylic acids is 1. The van der Waals surface area contributed by atoms with Crippen LogP contribution in [0.25, 0.3) is 0 Å². The van der Waals surface area contributed by atoms with E-state index in [9.17, 15) is 14.8 Å². The zero-order chi connectivity index (χ0) is 12.7. The fourth-order valence-corrected chi connectivity index (χ4v) is 1.25. The van der Waals surface area contributed by atoms with Gasteiger partial charge in [0.05, 0.1) is 0 Å². The number of carbonyl (C=O) groups excluding carboxylic acids is 1. The lowest BCUT2D eigenvalue weighted by molar-refractivity contribution is -0.189. The number of unbranched alkanes of at least 4 members (excludes halogenated alkanes) is 1. The van der Waals surface area contributed by atoms with Crippen LogP contribution in [0.1, 0.15) is 33.1 Å². The first kappa shape index (κ1) is 14.9. The summed E-state index contributed by atoms with van der Waals surface area (Å²) in [6.07, 6.45) is 1.45. The van der Waals surface area contributed by atoms with Gasteiger partial charge in [0.25, 0.3) is 0 Å². The molecule has 1 amide bonds. The average Bonchev–Trinajstić information content (AvgIpc) is 2.21. The number of hydroxylamine groups is 2. The molecule has 4 N–H and O–H groups in total. The van der Waals surface area contributed by atoms with Crippen LogP contribution in [0.15, 0.2) is 0 Å². The van der Waals surface area contributed by atoms with Gasteiger partial charge in [0.2, 0.25) is 5.91 Å². The Balaban J connectivity index is 4.41. The number of hydrogen-bond donors (Lipinski definition) is 3. The molecular formula is C10H20N2O4. The average molecular weight is 232 g/mol. The van der Waals surface area contributed by atoms with Gasteiger partial charge in [0.15, 0.2) is 6.04 Å². The fraction of sp³-hybridized carbons (Fsp3) is 0.800. The van der Waals surface area contributed by atoms with Crippen molar-refractivity contribution in [3.05, 3.63) is 0 Å². The Kier molecular flexibility index (Phi) is 6.67. The third kappa shape index (κ3) is 4.59. The second kappa shape index (κ2) is 7.19. The fourth-order valence-electron chi connectivity index (χ4n) is 1.25. The van der Waals surface area contributed by atoms with Gasteiger partial charge in [0, 0.05) is 5.92 Å². The number of nitrogens with zero attached hydrogens (tertiary/aromatic N) is 1. The van der Waals surface area contributed by atoms with Crippen molar-refractivity contribution in [2.24, 2.45) is 11.7 Å². The van der Waals surface area contributed by atoms with Crippen LogP contribution in [-0.4, -0.2) is 39.8 Å². The van der Waals surface area contributed by atoms with Gasteiger partial charge in [-0.05, 0) is 25.8 Å². The lowest BCUT2D eigenvalue weighted by atomic mass is 10.1. The molecule has 0 aromatic carbocycles. The summed E-state index contributed by atoms with van der Waals surface area (Å²) in [7, 11) is 0. The van der Waals surface area contributed by atoms with Gasteiger partial charge in [-0.1, -0.05) is 13.8 Å². The molecule has 0 spiro atoms. The maximum absolute atomic E-state index is 11.4. The number of nitrogens with two attached hydrogens (primary N) is 1. The smallest absolute Gasteiger partial charge is 0.329 e. The van der Waals surface area contributed by atoms with E-state index in [0.29, 0.717) is 24.4 Å².